The molecule has 3 aromatic carbocycles. The molecule has 0 heterocycles. The molecule has 154 valence electrons. The Hall–Kier alpha value is -3.13. The maximum atomic E-state index is 11.4. The van der Waals surface area contributed by atoms with Crippen LogP contribution in [0.25, 0.3) is 22.3 Å². The summed E-state index contributed by atoms with van der Waals surface area (Å²) in [6.07, 6.45) is 7.24. The van der Waals surface area contributed by atoms with Crippen molar-refractivity contribution in [3.8, 4) is 22.3 Å². The lowest BCUT2D eigenvalue weighted by atomic mass is 9.93. The smallest absolute Gasteiger partial charge is 0.247 e. The maximum Gasteiger partial charge on any atom is 0.247 e. The third-order valence-corrected chi connectivity index (χ3v) is 5.49. The fourth-order valence-electron chi connectivity index (χ4n) is 3.72. The first-order valence-corrected chi connectivity index (χ1v) is 10.9. The van der Waals surface area contributed by atoms with Gasteiger partial charge in [0, 0.05) is 5.69 Å². The number of nitrogens with one attached hydrogen (secondary N) is 1. The van der Waals surface area contributed by atoms with Crippen molar-refractivity contribution in [1.29, 1.82) is 0 Å². The van der Waals surface area contributed by atoms with Gasteiger partial charge in [-0.25, -0.2) is 0 Å². The molecule has 0 saturated heterocycles. The minimum Gasteiger partial charge on any atom is -0.323 e. The zero-order valence-electron chi connectivity index (χ0n) is 18.1. The number of amides is 1. The summed E-state index contributed by atoms with van der Waals surface area (Å²) in [6, 6.07) is 23.7. The Morgan fingerprint density at radius 2 is 1.53 bits per heavy atom. The van der Waals surface area contributed by atoms with Gasteiger partial charge in [-0.1, -0.05) is 87.9 Å². The van der Waals surface area contributed by atoms with E-state index in [1.54, 1.807) is 0 Å². The van der Waals surface area contributed by atoms with Gasteiger partial charge in [0.2, 0.25) is 5.91 Å². The van der Waals surface area contributed by atoms with Crippen molar-refractivity contribution in [2.75, 3.05) is 5.32 Å². The molecule has 1 amide bonds. The van der Waals surface area contributed by atoms with E-state index >= 15 is 0 Å². The second-order valence-electron chi connectivity index (χ2n) is 7.65. The third kappa shape index (κ3) is 5.48. The van der Waals surface area contributed by atoms with E-state index in [2.05, 4.69) is 68.2 Å². The Morgan fingerprint density at radius 1 is 0.867 bits per heavy atom. The van der Waals surface area contributed by atoms with E-state index in [9.17, 15) is 4.79 Å². The third-order valence-electron chi connectivity index (χ3n) is 5.49. The number of carbonyl (C=O) groups is 1. The number of hydrogen-bond acceptors (Lipinski definition) is 1. The minimum absolute atomic E-state index is 0.197. The summed E-state index contributed by atoms with van der Waals surface area (Å²) in [5.41, 5.74) is 8.44. The van der Waals surface area contributed by atoms with E-state index < -0.39 is 0 Å². The number of carbonyl (C=O) groups excluding carboxylic acids is 1. The molecule has 0 radical (unpaired) electrons. The molecule has 0 saturated carbocycles. The lowest BCUT2D eigenvalue weighted by Gasteiger charge is -2.12. The first kappa shape index (κ1) is 21.6. The molecule has 0 aliphatic rings. The molecule has 0 bridgehead atoms. The van der Waals surface area contributed by atoms with E-state index in [4.69, 9.17) is 0 Å². The number of aryl methyl sites for hydroxylation is 2. The van der Waals surface area contributed by atoms with Crippen LogP contribution < -0.4 is 5.32 Å². The molecule has 0 unspecified atom stereocenters. The van der Waals surface area contributed by atoms with Gasteiger partial charge in [0.05, 0.1) is 0 Å². The van der Waals surface area contributed by atoms with Crippen LogP contribution in [0.15, 0.2) is 79.4 Å². The maximum absolute atomic E-state index is 11.4. The van der Waals surface area contributed by atoms with E-state index in [1.807, 2.05) is 24.3 Å². The second-order valence-corrected chi connectivity index (χ2v) is 7.65. The fourth-order valence-corrected chi connectivity index (χ4v) is 3.72. The molecule has 30 heavy (non-hydrogen) atoms. The van der Waals surface area contributed by atoms with Crippen molar-refractivity contribution < 1.29 is 4.79 Å². The van der Waals surface area contributed by atoms with Crippen molar-refractivity contribution in [3.05, 3.63) is 90.5 Å². The topological polar surface area (TPSA) is 29.1 Å². The van der Waals surface area contributed by atoms with E-state index in [-0.39, 0.29) is 5.91 Å². The van der Waals surface area contributed by atoms with Crippen LogP contribution in [0.1, 0.15) is 44.2 Å². The lowest BCUT2D eigenvalue weighted by Crippen LogP contribution is -2.06. The number of benzene rings is 3. The van der Waals surface area contributed by atoms with Gasteiger partial charge in [-0.15, -0.1) is 0 Å². The van der Waals surface area contributed by atoms with Crippen LogP contribution in [0.5, 0.6) is 0 Å². The Morgan fingerprint density at radius 3 is 2.17 bits per heavy atom. The fraction of sp³-hybridized carbons (Fsp3) is 0.250. The summed E-state index contributed by atoms with van der Waals surface area (Å²) in [6.45, 7) is 7.93. The molecule has 0 aliphatic heterocycles. The van der Waals surface area contributed by atoms with Gasteiger partial charge < -0.3 is 5.32 Å². The Labute approximate surface area is 180 Å². The van der Waals surface area contributed by atoms with Crippen LogP contribution in [0, 0.1) is 0 Å². The monoisotopic (exact) mass is 397 g/mol. The first-order chi connectivity index (χ1) is 14.6. The van der Waals surface area contributed by atoms with Gasteiger partial charge in [0.15, 0.2) is 0 Å². The predicted octanol–water partition coefficient (Wildman–Crippen LogP) is 7.44. The van der Waals surface area contributed by atoms with Crippen LogP contribution in [0.2, 0.25) is 0 Å². The zero-order valence-corrected chi connectivity index (χ0v) is 18.1. The average molecular weight is 398 g/mol. The molecule has 0 fully saturated rings. The van der Waals surface area contributed by atoms with Crippen LogP contribution in [-0.2, 0) is 17.6 Å². The quantitative estimate of drug-likeness (QED) is 0.295. The molecule has 3 aromatic rings. The number of rotatable bonds is 9. The molecule has 2 nitrogen and oxygen atoms in total. The Balaban J connectivity index is 1.79. The number of anilines is 1. The SMILES string of the molecule is C=CC(=O)Nc1ccc(-c2ccc(-c3ccc(CCCCC)cc3)c(CC)c2)cc1. The van der Waals surface area contributed by atoms with E-state index in [1.165, 1.54) is 53.2 Å². The second kappa shape index (κ2) is 10.6. The van der Waals surface area contributed by atoms with Crippen LogP contribution in [0.3, 0.4) is 0 Å². The molecule has 2 heteroatoms. The lowest BCUT2D eigenvalue weighted by molar-refractivity contribution is -0.111. The Bertz CT molecular complexity index is 984. The largest absolute Gasteiger partial charge is 0.323 e. The first-order valence-electron chi connectivity index (χ1n) is 10.9. The van der Waals surface area contributed by atoms with Gasteiger partial charge in [-0.2, -0.15) is 0 Å². The molecule has 0 aromatic heterocycles. The van der Waals surface area contributed by atoms with Crippen LogP contribution in [0.4, 0.5) is 5.69 Å². The Kier molecular flexibility index (Phi) is 7.62. The van der Waals surface area contributed by atoms with Crippen molar-refractivity contribution in [3.63, 3.8) is 0 Å². The summed E-state index contributed by atoms with van der Waals surface area (Å²) in [5, 5.41) is 2.79. The number of unbranched alkanes of at least 4 members (excludes halogenated alkanes) is 2. The standard InChI is InChI=1S/C28H31NO/c1-4-7-8-9-21-10-12-24(13-11-21)27-19-16-25(20-22(27)5-2)23-14-17-26(18-15-23)29-28(30)6-3/h6,10-20H,3-5,7-9H2,1-2H3,(H,29,30). The van der Waals surface area contributed by atoms with Crippen molar-refractivity contribution in [2.45, 2.75) is 46.0 Å². The van der Waals surface area contributed by atoms with Crippen molar-refractivity contribution in [2.24, 2.45) is 0 Å². The molecule has 0 spiro atoms. The van der Waals surface area contributed by atoms with Gasteiger partial charge in [0.1, 0.15) is 0 Å². The summed E-state index contributed by atoms with van der Waals surface area (Å²) < 4.78 is 0. The van der Waals surface area contributed by atoms with E-state index in [0.717, 1.165) is 24.1 Å². The van der Waals surface area contributed by atoms with Crippen LogP contribution >= 0.6 is 0 Å². The molecule has 1 N–H and O–H groups in total. The average Bonchev–Trinajstić information content (AvgIpc) is 2.80. The molecule has 0 atom stereocenters. The van der Waals surface area contributed by atoms with Gasteiger partial charge in [-0.05, 0) is 70.9 Å². The molecular weight excluding hydrogens is 366 g/mol. The highest BCUT2D eigenvalue weighted by Crippen LogP contribution is 2.30. The van der Waals surface area contributed by atoms with Gasteiger partial charge in [-0.3, -0.25) is 4.79 Å². The molecule has 0 aliphatic carbocycles. The highest BCUT2D eigenvalue weighted by Gasteiger charge is 2.07. The highest BCUT2D eigenvalue weighted by molar-refractivity contribution is 5.99. The highest BCUT2D eigenvalue weighted by atomic mass is 16.1. The summed E-state index contributed by atoms with van der Waals surface area (Å²) in [5.74, 6) is -0.197. The normalized spacial score (nSPS) is 10.6. The minimum atomic E-state index is -0.197. The summed E-state index contributed by atoms with van der Waals surface area (Å²) in [7, 11) is 0. The van der Waals surface area contributed by atoms with Crippen LogP contribution in [-0.4, -0.2) is 5.91 Å². The van der Waals surface area contributed by atoms with Crippen molar-refractivity contribution >= 4 is 11.6 Å². The molecular formula is C28H31NO. The number of hydrogen-bond donors (Lipinski definition) is 1. The molecule has 3 rings (SSSR count). The summed E-state index contributed by atoms with van der Waals surface area (Å²) in [4.78, 5) is 11.4. The summed E-state index contributed by atoms with van der Waals surface area (Å²) >= 11 is 0. The van der Waals surface area contributed by atoms with E-state index in [0.29, 0.717) is 0 Å². The van der Waals surface area contributed by atoms with Gasteiger partial charge in [0.25, 0.3) is 0 Å². The van der Waals surface area contributed by atoms with Crippen molar-refractivity contribution in [1.82, 2.24) is 0 Å². The zero-order chi connectivity index (χ0) is 21.3. The van der Waals surface area contributed by atoms with Gasteiger partial charge >= 0.3 is 0 Å². The predicted molar refractivity (Wildman–Crippen MR) is 129 cm³/mol.